The molecule has 0 aromatic carbocycles. The van der Waals surface area contributed by atoms with Gasteiger partial charge in [0, 0.05) is 6.54 Å². The molecule has 0 aliphatic rings. The zero-order valence-corrected chi connectivity index (χ0v) is 8.60. The first kappa shape index (κ1) is 9.64. The molecule has 2 aromatic heterocycles. The Labute approximate surface area is 87.9 Å². The first-order valence-electron chi connectivity index (χ1n) is 4.87. The third-order valence-corrected chi connectivity index (χ3v) is 2.30. The summed E-state index contributed by atoms with van der Waals surface area (Å²) in [5, 5.41) is 6.62. The molecule has 2 aromatic rings. The SMILES string of the molecule is CCN(Cc1ccco1)c1cn[nH]c1N. The summed E-state index contributed by atoms with van der Waals surface area (Å²) in [6.07, 6.45) is 3.39. The molecule has 0 unspecified atom stereocenters. The second kappa shape index (κ2) is 4.08. The van der Waals surface area contributed by atoms with Gasteiger partial charge in [0.1, 0.15) is 11.6 Å². The normalized spacial score (nSPS) is 10.5. The van der Waals surface area contributed by atoms with Crippen LogP contribution in [0.3, 0.4) is 0 Å². The van der Waals surface area contributed by atoms with E-state index in [4.69, 9.17) is 10.2 Å². The van der Waals surface area contributed by atoms with Crippen LogP contribution in [0.15, 0.2) is 29.0 Å². The number of nitrogens with zero attached hydrogens (tertiary/aromatic N) is 2. The van der Waals surface area contributed by atoms with Crippen molar-refractivity contribution < 1.29 is 4.42 Å². The van der Waals surface area contributed by atoms with Crippen molar-refractivity contribution in [2.45, 2.75) is 13.5 Å². The average molecular weight is 206 g/mol. The molecule has 0 aliphatic carbocycles. The van der Waals surface area contributed by atoms with Crippen molar-refractivity contribution in [1.29, 1.82) is 0 Å². The van der Waals surface area contributed by atoms with Crippen molar-refractivity contribution in [2.75, 3.05) is 17.2 Å². The van der Waals surface area contributed by atoms with Crippen molar-refractivity contribution in [3.8, 4) is 0 Å². The van der Waals surface area contributed by atoms with E-state index in [2.05, 4.69) is 22.0 Å². The van der Waals surface area contributed by atoms with Gasteiger partial charge in [-0.3, -0.25) is 5.10 Å². The smallest absolute Gasteiger partial charge is 0.142 e. The molecule has 80 valence electrons. The standard InChI is InChI=1S/C10H14N4O/c1-2-14(7-8-4-3-5-15-8)9-6-12-13-10(9)11/h3-6H,2,7H2,1H3,(H3,11,12,13). The molecule has 0 atom stereocenters. The number of aromatic amines is 1. The fourth-order valence-electron chi connectivity index (χ4n) is 1.50. The van der Waals surface area contributed by atoms with Gasteiger partial charge in [0.05, 0.1) is 24.7 Å². The lowest BCUT2D eigenvalue weighted by atomic mass is 10.3. The monoisotopic (exact) mass is 206 g/mol. The number of anilines is 2. The second-order valence-electron chi connectivity index (χ2n) is 3.26. The molecular weight excluding hydrogens is 192 g/mol. The Kier molecular flexibility index (Phi) is 2.62. The molecule has 0 saturated heterocycles. The van der Waals surface area contributed by atoms with Gasteiger partial charge in [0.15, 0.2) is 0 Å². The van der Waals surface area contributed by atoms with E-state index in [0.717, 1.165) is 18.0 Å². The molecule has 2 rings (SSSR count). The molecule has 0 fully saturated rings. The van der Waals surface area contributed by atoms with E-state index < -0.39 is 0 Å². The van der Waals surface area contributed by atoms with Gasteiger partial charge < -0.3 is 15.1 Å². The molecule has 0 bridgehead atoms. The molecule has 3 N–H and O–H groups in total. The van der Waals surface area contributed by atoms with Crippen LogP contribution >= 0.6 is 0 Å². The zero-order valence-electron chi connectivity index (χ0n) is 8.60. The number of furan rings is 1. The maximum absolute atomic E-state index is 5.76. The van der Waals surface area contributed by atoms with Gasteiger partial charge in [0.2, 0.25) is 0 Å². The predicted octanol–water partition coefficient (Wildman–Crippen LogP) is 1.61. The highest BCUT2D eigenvalue weighted by molar-refractivity contribution is 5.61. The van der Waals surface area contributed by atoms with Gasteiger partial charge in [-0.2, -0.15) is 5.10 Å². The molecule has 15 heavy (non-hydrogen) atoms. The van der Waals surface area contributed by atoms with Crippen molar-refractivity contribution in [2.24, 2.45) is 0 Å². The maximum atomic E-state index is 5.76. The largest absolute Gasteiger partial charge is 0.467 e. The van der Waals surface area contributed by atoms with Crippen LogP contribution in [-0.2, 0) is 6.54 Å². The molecular formula is C10H14N4O. The number of rotatable bonds is 4. The zero-order chi connectivity index (χ0) is 10.7. The number of hydrogen-bond acceptors (Lipinski definition) is 4. The Hall–Kier alpha value is -1.91. The molecule has 0 aliphatic heterocycles. The van der Waals surface area contributed by atoms with Crippen LogP contribution in [0.4, 0.5) is 11.5 Å². The van der Waals surface area contributed by atoms with E-state index in [1.165, 1.54) is 0 Å². The van der Waals surface area contributed by atoms with Crippen LogP contribution in [0.2, 0.25) is 0 Å². The minimum Gasteiger partial charge on any atom is -0.467 e. The van der Waals surface area contributed by atoms with E-state index in [1.54, 1.807) is 12.5 Å². The van der Waals surface area contributed by atoms with E-state index in [0.29, 0.717) is 12.4 Å². The second-order valence-corrected chi connectivity index (χ2v) is 3.26. The third kappa shape index (κ3) is 1.96. The summed E-state index contributed by atoms with van der Waals surface area (Å²) < 4.78 is 5.29. The van der Waals surface area contributed by atoms with Crippen LogP contribution in [0, 0.1) is 0 Å². The molecule has 0 radical (unpaired) electrons. The first-order chi connectivity index (χ1) is 7.31. The van der Waals surface area contributed by atoms with Crippen LogP contribution in [0.1, 0.15) is 12.7 Å². The topological polar surface area (TPSA) is 71.1 Å². The van der Waals surface area contributed by atoms with Gasteiger partial charge in [0.25, 0.3) is 0 Å². The van der Waals surface area contributed by atoms with Crippen LogP contribution < -0.4 is 10.6 Å². The molecule has 2 heterocycles. The molecule has 0 amide bonds. The highest BCUT2D eigenvalue weighted by atomic mass is 16.3. The maximum Gasteiger partial charge on any atom is 0.142 e. The molecule has 0 saturated carbocycles. The fraction of sp³-hybridized carbons (Fsp3) is 0.300. The summed E-state index contributed by atoms with van der Waals surface area (Å²) >= 11 is 0. The van der Waals surface area contributed by atoms with E-state index in [-0.39, 0.29) is 0 Å². The summed E-state index contributed by atoms with van der Waals surface area (Å²) in [6, 6.07) is 3.82. The van der Waals surface area contributed by atoms with Crippen molar-refractivity contribution in [3.05, 3.63) is 30.4 Å². The van der Waals surface area contributed by atoms with Crippen molar-refractivity contribution >= 4 is 11.5 Å². The highest BCUT2D eigenvalue weighted by Crippen LogP contribution is 2.21. The minimum atomic E-state index is 0.586. The van der Waals surface area contributed by atoms with Gasteiger partial charge in [-0.1, -0.05) is 0 Å². The van der Waals surface area contributed by atoms with Crippen LogP contribution in [0.5, 0.6) is 0 Å². The van der Waals surface area contributed by atoms with Crippen molar-refractivity contribution in [1.82, 2.24) is 10.2 Å². The Balaban J connectivity index is 2.15. The lowest BCUT2D eigenvalue weighted by Crippen LogP contribution is -2.22. The number of H-pyrrole nitrogens is 1. The summed E-state index contributed by atoms with van der Waals surface area (Å²) in [4.78, 5) is 2.09. The molecule has 5 heteroatoms. The Morgan fingerprint density at radius 2 is 2.47 bits per heavy atom. The number of hydrogen-bond donors (Lipinski definition) is 2. The lowest BCUT2D eigenvalue weighted by Gasteiger charge is -2.20. The Morgan fingerprint density at radius 1 is 1.60 bits per heavy atom. The molecule has 0 spiro atoms. The third-order valence-electron chi connectivity index (χ3n) is 2.30. The minimum absolute atomic E-state index is 0.586. The number of nitrogens with two attached hydrogens (primary N) is 1. The number of nitrogen functional groups attached to an aromatic ring is 1. The van der Waals surface area contributed by atoms with Gasteiger partial charge >= 0.3 is 0 Å². The summed E-state index contributed by atoms with van der Waals surface area (Å²) in [5.74, 6) is 1.50. The van der Waals surface area contributed by atoms with Crippen LogP contribution in [-0.4, -0.2) is 16.7 Å². The van der Waals surface area contributed by atoms with Crippen molar-refractivity contribution in [3.63, 3.8) is 0 Å². The van der Waals surface area contributed by atoms with Gasteiger partial charge in [-0.25, -0.2) is 0 Å². The van der Waals surface area contributed by atoms with E-state index in [1.807, 2.05) is 12.1 Å². The number of aromatic nitrogens is 2. The lowest BCUT2D eigenvalue weighted by molar-refractivity contribution is 0.504. The summed E-state index contributed by atoms with van der Waals surface area (Å²) in [7, 11) is 0. The number of nitrogens with one attached hydrogen (secondary N) is 1. The van der Waals surface area contributed by atoms with Crippen LogP contribution in [0.25, 0.3) is 0 Å². The quantitative estimate of drug-likeness (QED) is 0.797. The summed E-state index contributed by atoms with van der Waals surface area (Å²) in [6.45, 7) is 3.62. The Morgan fingerprint density at radius 3 is 3.00 bits per heavy atom. The first-order valence-corrected chi connectivity index (χ1v) is 4.87. The molecule has 5 nitrogen and oxygen atoms in total. The predicted molar refractivity (Wildman–Crippen MR) is 58.4 cm³/mol. The highest BCUT2D eigenvalue weighted by Gasteiger charge is 2.11. The average Bonchev–Trinajstić information content (AvgIpc) is 2.85. The van der Waals surface area contributed by atoms with E-state index in [9.17, 15) is 0 Å². The van der Waals surface area contributed by atoms with Gasteiger partial charge in [-0.05, 0) is 19.1 Å². The van der Waals surface area contributed by atoms with Gasteiger partial charge in [-0.15, -0.1) is 0 Å². The Bertz CT molecular complexity index is 407. The fourth-order valence-corrected chi connectivity index (χ4v) is 1.50. The summed E-state index contributed by atoms with van der Waals surface area (Å²) in [5.41, 5.74) is 6.67. The van der Waals surface area contributed by atoms with E-state index >= 15 is 0 Å².